The van der Waals surface area contributed by atoms with Crippen molar-refractivity contribution >= 4 is 16.7 Å². The summed E-state index contributed by atoms with van der Waals surface area (Å²) in [6.07, 6.45) is 0.999. The first kappa shape index (κ1) is 16.2. The van der Waals surface area contributed by atoms with Gasteiger partial charge in [0.05, 0.1) is 0 Å². The third-order valence-electron chi connectivity index (χ3n) is 3.21. The van der Waals surface area contributed by atoms with Gasteiger partial charge in [0, 0.05) is 11.6 Å². The molecule has 1 amide bonds. The van der Waals surface area contributed by atoms with Gasteiger partial charge in [-0.3, -0.25) is 4.79 Å². The van der Waals surface area contributed by atoms with E-state index in [4.69, 9.17) is 0 Å². The van der Waals surface area contributed by atoms with Crippen molar-refractivity contribution in [2.24, 2.45) is 5.92 Å². The Kier molecular flexibility index (Phi) is 5.75. The molecule has 2 aromatic carbocycles. The van der Waals surface area contributed by atoms with Crippen LogP contribution in [-0.2, 0) is 0 Å². The number of amides is 1. The van der Waals surface area contributed by atoms with Crippen LogP contribution in [0.1, 0.15) is 45.0 Å². The monoisotopic (exact) mass is 271 g/mol. The van der Waals surface area contributed by atoms with Gasteiger partial charge in [-0.25, -0.2) is 0 Å². The van der Waals surface area contributed by atoms with Crippen molar-refractivity contribution in [2.75, 3.05) is 0 Å². The van der Waals surface area contributed by atoms with Gasteiger partial charge < -0.3 is 5.32 Å². The van der Waals surface area contributed by atoms with Gasteiger partial charge in [-0.15, -0.1) is 0 Å². The second-order valence-corrected chi connectivity index (χ2v) is 5.57. The molecule has 2 heteroatoms. The van der Waals surface area contributed by atoms with Crippen LogP contribution in [0.2, 0.25) is 0 Å². The van der Waals surface area contributed by atoms with Crippen LogP contribution >= 0.6 is 0 Å². The number of benzene rings is 2. The van der Waals surface area contributed by atoms with E-state index in [0.29, 0.717) is 5.92 Å². The van der Waals surface area contributed by atoms with Crippen LogP contribution in [0.15, 0.2) is 42.5 Å². The molecule has 0 heterocycles. The molecule has 0 bridgehead atoms. The molecule has 2 nitrogen and oxygen atoms in total. The Hall–Kier alpha value is -1.83. The number of carbonyl (C=O) groups excluding carboxylic acids is 1. The van der Waals surface area contributed by atoms with Crippen molar-refractivity contribution in [1.29, 1.82) is 0 Å². The minimum absolute atomic E-state index is 0. The highest BCUT2D eigenvalue weighted by molar-refractivity contribution is 5.98. The minimum atomic E-state index is 0. The van der Waals surface area contributed by atoms with E-state index in [1.54, 1.807) is 0 Å². The van der Waals surface area contributed by atoms with Gasteiger partial charge >= 0.3 is 0 Å². The number of carbonyl (C=O) groups is 1. The van der Waals surface area contributed by atoms with Crippen molar-refractivity contribution in [1.82, 2.24) is 5.32 Å². The summed E-state index contributed by atoms with van der Waals surface area (Å²) < 4.78 is 0. The van der Waals surface area contributed by atoms with E-state index in [9.17, 15) is 4.79 Å². The third-order valence-corrected chi connectivity index (χ3v) is 3.21. The number of fused-ring (bicyclic) bond motifs is 1. The molecule has 0 aliphatic rings. The molecule has 0 saturated carbocycles. The summed E-state index contributed by atoms with van der Waals surface area (Å²) in [4.78, 5) is 12.2. The lowest BCUT2D eigenvalue weighted by Crippen LogP contribution is -2.33. The Morgan fingerprint density at radius 3 is 2.35 bits per heavy atom. The number of hydrogen-bond donors (Lipinski definition) is 1. The predicted octanol–water partition coefficient (Wildman–Crippen LogP) is 4.64. The van der Waals surface area contributed by atoms with Crippen LogP contribution in [0.25, 0.3) is 10.8 Å². The van der Waals surface area contributed by atoms with Crippen LogP contribution in [0.3, 0.4) is 0 Å². The van der Waals surface area contributed by atoms with Crippen molar-refractivity contribution in [2.45, 2.75) is 40.7 Å². The Morgan fingerprint density at radius 1 is 1.05 bits per heavy atom. The largest absolute Gasteiger partial charge is 0.350 e. The lowest BCUT2D eigenvalue weighted by molar-refractivity contribution is 0.0936. The Morgan fingerprint density at radius 2 is 1.70 bits per heavy atom. The summed E-state index contributed by atoms with van der Waals surface area (Å²) in [6.45, 7) is 6.39. The molecule has 0 radical (unpaired) electrons. The standard InChI is InChI=1S/C17H21NO.CH4/c1-12(2)10-13(3)18-17(19)16-9-8-14-6-4-5-7-15(14)11-16;/h4-9,11-13H,10H2,1-3H3,(H,18,19);1H4/t13-;/m1./s1. The van der Waals surface area contributed by atoms with Gasteiger partial charge in [-0.05, 0) is 42.2 Å². The average molecular weight is 271 g/mol. The highest BCUT2D eigenvalue weighted by atomic mass is 16.1. The first-order chi connectivity index (χ1) is 9.06. The molecule has 0 fully saturated rings. The molecule has 0 spiro atoms. The SMILES string of the molecule is C.CC(C)C[C@@H](C)NC(=O)c1ccc2ccccc2c1. The van der Waals surface area contributed by atoms with Gasteiger partial charge in [-0.1, -0.05) is 51.6 Å². The molecule has 1 atom stereocenters. The number of rotatable bonds is 4. The summed E-state index contributed by atoms with van der Waals surface area (Å²) in [7, 11) is 0. The Bertz CT molecular complexity index is 574. The maximum absolute atomic E-state index is 12.2. The van der Waals surface area contributed by atoms with E-state index < -0.39 is 0 Å². The summed E-state index contributed by atoms with van der Waals surface area (Å²) in [5.41, 5.74) is 0.731. The fourth-order valence-electron chi connectivity index (χ4n) is 2.40. The highest BCUT2D eigenvalue weighted by Crippen LogP contribution is 2.16. The van der Waals surface area contributed by atoms with Gasteiger partial charge in [0.2, 0.25) is 0 Å². The molecule has 0 aliphatic heterocycles. The maximum Gasteiger partial charge on any atom is 0.251 e. The van der Waals surface area contributed by atoms with E-state index in [-0.39, 0.29) is 19.4 Å². The van der Waals surface area contributed by atoms with Crippen LogP contribution in [-0.4, -0.2) is 11.9 Å². The van der Waals surface area contributed by atoms with E-state index in [0.717, 1.165) is 22.8 Å². The second kappa shape index (κ2) is 7.09. The van der Waals surface area contributed by atoms with Gasteiger partial charge in [0.15, 0.2) is 0 Å². The molecule has 0 unspecified atom stereocenters. The van der Waals surface area contributed by atoms with E-state index in [1.165, 1.54) is 0 Å². The number of nitrogens with one attached hydrogen (secondary N) is 1. The molecule has 108 valence electrons. The predicted molar refractivity (Wildman–Crippen MR) is 87.1 cm³/mol. The Labute approximate surface area is 122 Å². The molecule has 0 aromatic heterocycles. The van der Waals surface area contributed by atoms with Crippen molar-refractivity contribution in [3.8, 4) is 0 Å². The molecular weight excluding hydrogens is 246 g/mol. The van der Waals surface area contributed by atoms with Crippen molar-refractivity contribution < 1.29 is 4.79 Å². The van der Waals surface area contributed by atoms with E-state index >= 15 is 0 Å². The topological polar surface area (TPSA) is 29.1 Å². The van der Waals surface area contributed by atoms with Crippen molar-refractivity contribution in [3.05, 3.63) is 48.0 Å². The zero-order valence-electron chi connectivity index (χ0n) is 11.8. The van der Waals surface area contributed by atoms with Crippen LogP contribution in [0, 0.1) is 5.92 Å². The van der Waals surface area contributed by atoms with Gasteiger partial charge in [-0.2, -0.15) is 0 Å². The molecule has 2 aromatic rings. The van der Waals surface area contributed by atoms with Crippen LogP contribution in [0.4, 0.5) is 0 Å². The highest BCUT2D eigenvalue weighted by Gasteiger charge is 2.11. The lowest BCUT2D eigenvalue weighted by Gasteiger charge is -2.16. The average Bonchev–Trinajstić information content (AvgIpc) is 2.37. The molecule has 0 saturated heterocycles. The molecule has 1 N–H and O–H groups in total. The first-order valence-electron chi connectivity index (χ1n) is 6.86. The number of hydrogen-bond acceptors (Lipinski definition) is 1. The molecule has 20 heavy (non-hydrogen) atoms. The smallest absolute Gasteiger partial charge is 0.251 e. The maximum atomic E-state index is 12.2. The second-order valence-electron chi connectivity index (χ2n) is 5.57. The fourth-order valence-corrected chi connectivity index (χ4v) is 2.40. The fraction of sp³-hybridized carbons (Fsp3) is 0.389. The summed E-state index contributed by atoms with van der Waals surface area (Å²) in [5, 5.41) is 5.32. The van der Waals surface area contributed by atoms with E-state index in [1.807, 2.05) is 36.4 Å². The zero-order chi connectivity index (χ0) is 13.8. The Balaban J connectivity index is 0.00000200. The normalized spacial score (nSPS) is 12.0. The summed E-state index contributed by atoms with van der Waals surface area (Å²) in [6, 6.07) is 14.1. The van der Waals surface area contributed by atoms with Gasteiger partial charge in [0.25, 0.3) is 5.91 Å². The quantitative estimate of drug-likeness (QED) is 0.862. The van der Waals surface area contributed by atoms with E-state index in [2.05, 4.69) is 32.2 Å². The lowest BCUT2D eigenvalue weighted by atomic mass is 10.0. The third kappa shape index (κ3) is 4.09. The first-order valence-corrected chi connectivity index (χ1v) is 6.86. The van der Waals surface area contributed by atoms with Crippen molar-refractivity contribution in [3.63, 3.8) is 0 Å². The van der Waals surface area contributed by atoms with Crippen LogP contribution < -0.4 is 5.32 Å². The minimum Gasteiger partial charge on any atom is -0.350 e. The van der Waals surface area contributed by atoms with Gasteiger partial charge in [0.1, 0.15) is 0 Å². The molecule has 0 aliphatic carbocycles. The van der Waals surface area contributed by atoms with Crippen LogP contribution in [0.5, 0.6) is 0 Å². The molecule has 2 rings (SSSR count). The summed E-state index contributed by atoms with van der Waals surface area (Å²) in [5.74, 6) is 0.603. The summed E-state index contributed by atoms with van der Waals surface area (Å²) >= 11 is 0. The zero-order valence-corrected chi connectivity index (χ0v) is 11.8. The molecular formula is C18H25NO.